The molecule has 34 heavy (non-hydrogen) atoms. The van der Waals surface area contributed by atoms with Gasteiger partial charge in [0.2, 0.25) is 11.8 Å². The second kappa shape index (κ2) is 8.43. The molecule has 0 aromatic heterocycles. The number of carbonyl (C=O) groups is 2. The van der Waals surface area contributed by atoms with E-state index in [1.165, 1.54) is 46.4 Å². The Labute approximate surface area is 200 Å². The average Bonchev–Trinajstić information content (AvgIpc) is 3.15. The Bertz CT molecular complexity index is 1130. The zero-order valence-corrected chi connectivity index (χ0v) is 19.4. The highest BCUT2D eigenvalue weighted by atomic mass is 16.5. The van der Waals surface area contributed by atoms with Crippen molar-refractivity contribution in [2.24, 2.45) is 11.8 Å². The molecule has 4 nitrogen and oxygen atoms in total. The minimum atomic E-state index is -0.350. The lowest BCUT2D eigenvalue weighted by atomic mass is 9.55. The Hall–Kier alpha value is -3.40. The van der Waals surface area contributed by atoms with Crippen molar-refractivity contribution < 1.29 is 14.3 Å². The van der Waals surface area contributed by atoms with Gasteiger partial charge in [0.1, 0.15) is 5.75 Å². The molecule has 0 radical (unpaired) electrons. The first-order chi connectivity index (χ1) is 16.7. The molecule has 2 bridgehead atoms. The molecule has 1 saturated heterocycles. The number of imide groups is 1. The van der Waals surface area contributed by atoms with Gasteiger partial charge in [-0.25, -0.2) is 4.90 Å². The number of carbonyl (C=O) groups excluding carboxylic acids is 2. The van der Waals surface area contributed by atoms with Crippen LogP contribution in [-0.2, 0) is 9.59 Å². The number of ether oxygens (including phenoxy) is 1. The minimum Gasteiger partial charge on any atom is -0.494 e. The van der Waals surface area contributed by atoms with Gasteiger partial charge in [-0.3, -0.25) is 9.59 Å². The molecule has 1 heterocycles. The lowest BCUT2D eigenvalue weighted by molar-refractivity contribution is -0.122. The van der Waals surface area contributed by atoms with E-state index in [2.05, 4.69) is 31.2 Å². The summed E-state index contributed by atoms with van der Waals surface area (Å²) in [4.78, 5) is 29.0. The third kappa shape index (κ3) is 3.12. The molecule has 2 atom stereocenters. The van der Waals surface area contributed by atoms with Crippen molar-refractivity contribution in [1.82, 2.24) is 0 Å². The fraction of sp³-hybridized carbons (Fsp3) is 0.333. The van der Waals surface area contributed by atoms with Crippen molar-refractivity contribution in [2.75, 3.05) is 11.5 Å². The van der Waals surface area contributed by atoms with Crippen molar-refractivity contribution in [3.63, 3.8) is 0 Å². The Balaban J connectivity index is 1.30. The van der Waals surface area contributed by atoms with E-state index in [0.29, 0.717) is 12.3 Å². The second-order valence-corrected chi connectivity index (χ2v) is 9.68. The number of nitrogens with zero attached hydrogens (tertiary/aromatic N) is 1. The van der Waals surface area contributed by atoms with Gasteiger partial charge in [-0.2, -0.15) is 0 Å². The molecule has 2 amide bonds. The van der Waals surface area contributed by atoms with E-state index in [0.717, 1.165) is 12.2 Å². The number of unbranched alkanes of at least 4 members (excludes halogenated alkanes) is 3. The smallest absolute Gasteiger partial charge is 0.238 e. The zero-order valence-electron chi connectivity index (χ0n) is 19.4. The van der Waals surface area contributed by atoms with Crippen molar-refractivity contribution in [3.05, 3.63) is 95.1 Å². The summed E-state index contributed by atoms with van der Waals surface area (Å²) in [5.41, 5.74) is 5.42. The third-order valence-corrected chi connectivity index (χ3v) is 7.81. The molecule has 4 aliphatic rings. The molecule has 172 valence electrons. The predicted molar refractivity (Wildman–Crippen MR) is 132 cm³/mol. The summed E-state index contributed by atoms with van der Waals surface area (Å²) >= 11 is 0. The van der Waals surface area contributed by atoms with E-state index in [9.17, 15) is 9.59 Å². The summed E-state index contributed by atoms with van der Waals surface area (Å²) in [5.74, 6) is -0.237. The third-order valence-electron chi connectivity index (χ3n) is 7.81. The average molecular weight is 452 g/mol. The first-order valence-corrected chi connectivity index (χ1v) is 12.5. The Morgan fingerprint density at radius 3 is 1.65 bits per heavy atom. The molecule has 1 fully saturated rings. The van der Waals surface area contributed by atoms with E-state index >= 15 is 0 Å². The monoisotopic (exact) mass is 451 g/mol. The van der Waals surface area contributed by atoms with Crippen molar-refractivity contribution in [3.8, 4) is 5.75 Å². The standard InChI is InChI=1S/C30H29NO3/c1-2-3-4-9-18-34-20-16-14-19(15-17-20)31-29(32)27-25-21-10-5-6-11-22(21)26(28(27)30(31)33)24-13-8-7-12-23(24)25/h5-8,10-17,25-28H,2-4,9,18H2,1H3/t25?,26?,27-,28-/m1/s1. The van der Waals surface area contributed by atoms with Gasteiger partial charge in [0.25, 0.3) is 0 Å². The van der Waals surface area contributed by atoms with Gasteiger partial charge in [0, 0.05) is 11.8 Å². The summed E-state index contributed by atoms with van der Waals surface area (Å²) in [6.45, 7) is 2.88. The minimum absolute atomic E-state index is 0.0745. The van der Waals surface area contributed by atoms with Crippen LogP contribution in [0.15, 0.2) is 72.8 Å². The highest BCUT2D eigenvalue weighted by Gasteiger charge is 2.61. The quantitative estimate of drug-likeness (QED) is 0.325. The van der Waals surface area contributed by atoms with Crippen LogP contribution < -0.4 is 9.64 Å². The molecule has 0 unspecified atom stereocenters. The summed E-state index contributed by atoms with van der Waals surface area (Å²) < 4.78 is 5.86. The van der Waals surface area contributed by atoms with Crippen molar-refractivity contribution in [2.45, 2.75) is 44.4 Å². The maximum atomic E-state index is 13.8. The molecule has 0 spiro atoms. The molecular weight excluding hydrogens is 422 g/mol. The van der Waals surface area contributed by atoms with Gasteiger partial charge in [0.05, 0.1) is 24.1 Å². The summed E-state index contributed by atoms with van der Waals surface area (Å²) in [7, 11) is 0. The molecule has 3 aliphatic carbocycles. The van der Waals surface area contributed by atoms with Gasteiger partial charge in [-0.1, -0.05) is 74.7 Å². The summed E-state index contributed by atoms with van der Waals surface area (Å²) in [5, 5.41) is 0. The molecule has 3 aromatic rings. The predicted octanol–water partition coefficient (Wildman–Crippen LogP) is 6.04. The lowest BCUT2D eigenvalue weighted by Gasteiger charge is -2.45. The fourth-order valence-electron chi connectivity index (χ4n) is 6.34. The van der Waals surface area contributed by atoms with Crippen molar-refractivity contribution >= 4 is 17.5 Å². The van der Waals surface area contributed by atoms with Gasteiger partial charge < -0.3 is 4.74 Å². The van der Waals surface area contributed by atoms with Crippen LogP contribution in [0.3, 0.4) is 0 Å². The largest absolute Gasteiger partial charge is 0.494 e. The first-order valence-electron chi connectivity index (χ1n) is 12.5. The maximum absolute atomic E-state index is 13.8. The van der Waals surface area contributed by atoms with E-state index in [4.69, 9.17) is 4.74 Å². The van der Waals surface area contributed by atoms with E-state index in [1.54, 1.807) is 0 Å². The van der Waals surface area contributed by atoms with Crippen LogP contribution in [0.25, 0.3) is 0 Å². The first kappa shape index (κ1) is 21.2. The molecule has 7 rings (SSSR count). The number of amides is 2. The molecule has 0 N–H and O–H groups in total. The number of anilines is 1. The highest BCUT2D eigenvalue weighted by molar-refractivity contribution is 6.23. The van der Waals surface area contributed by atoms with Gasteiger partial charge in [-0.05, 0) is 52.9 Å². The number of rotatable bonds is 7. The number of hydrogen-bond acceptors (Lipinski definition) is 3. The Morgan fingerprint density at radius 2 is 1.18 bits per heavy atom. The van der Waals surface area contributed by atoms with Gasteiger partial charge in [-0.15, -0.1) is 0 Å². The lowest BCUT2D eigenvalue weighted by Crippen LogP contribution is -2.41. The molecule has 0 saturated carbocycles. The second-order valence-electron chi connectivity index (χ2n) is 9.68. The van der Waals surface area contributed by atoms with E-state index < -0.39 is 0 Å². The van der Waals surface area contributed by atoms with Crippen molar-refractivity contribution in [1.29, 1.82) is 0 Å². The zero-order chi connectivity index (χ0) is 23.2. The van der Waals surface area contributed by atoms with Crippen LogP contribution in [0, 0.1) is 11.8 Å². The Morgan fingerprint density at radius 1 is 0.676 bits per heavy atom. The van der Waals surface area contributed by atoms with Gasteiger partial charge >= 0.3 is 0 Å². The molecule has 4 heteroatoms. The molecular formula is C30H29NO3. The Kier molecular flexibility index (Phi) is 5.24. The van der Waals surface area contributed by atoms with Crippen LogP contribution in [0.1, 0.15) is 66.7 Å². The van der Waals surface area contributed by atoms with Crippen LogP contribution in [0.5, 0.6) is 5.75 Å². The fourth-order valence-corrected chi connectivity index (χ4v) is 6.34. The topological polar surface area (TPSA) is 46.6 Å². The molecule has 3 aromatic carbocycles. The van der Waals surface area contributed by atoms with Crippen LogP contribution >= 0.6 is 0 Å². The van der Waals surface area contributed by atoms with Crippen LogP contribution in [0.4, 0.5) is 5.69 Å². The summed E-state index contributed by atoms with van der Waals surface area (Å²) in [6.07, 6.45) is 4.62. The number of hydrogen-bond donors (Lipinski definition) is 0. The SMILES string of the molecule is CCCCCCOc1ccc(N2C(=O)[C@@H]3C4c5ccccc5C(c5ccccc54)[C@H]3C2=O)cc1. The maximum Gasteiger partial charge on any atom is 0.238 e. The molecule has 1 aliphatic heterocycles. The normalized spacial score (nSPS) is 24.1. The van der Waals surface area contributed by atoms with Gasteiger partial charge in [0.15, 0.2) is 0 Å². The number of benzene rings is 3. The van der Waals surface area contributed by atoms with Crippen LogP contribution in [0.2, 0.25) is 0 Å². The van der Waals surface area contributed by atoms with Crippen LogP contribution in [-0.4, -0.2) is 18.4 Å². The summed E-state index contributed by atoms with van der Waals surface area (Å²) in [6, 6.07) is 24.1. The highest BCUT2D eigenvalue weighted by Crippen LogP contribution is 2.61. The van der Waals surface area contributed by atoms with E-state index in [-0.39, 0.29) is 35.5 Å². The van der Waals surface area contributed by atoms with E-state index in [1.807, 2.05) is 48.5 Å².